The normalized spacial score (nSPS) is 12.3. The van der Waals surface area contributed by atoms with E-state index in [2.05, 4.69) is 4.98 Å². The summed E-state index contributed by atoms with van der Waals surface area (Å²) < 4.78 is 13.7. The van der Waals surface area contributed by atoms with E-state index in [1.807, 2.05) is 37.1 Å². The second-order valence-corrected chi connectivity index (χ2v) is 5.46. The summed E-state index contributed by atoms with van der Waals surface area (Å²) in [6, 6.07) is 9.06. The smallest absolute Gasteiger partial charge is 0.126 e. The van der Waals surface area contributed by atoms with Gasteiger partial charge in [-0.2, -0.15) is 0 Å². The van der Waals surface area contributed by atoms with Gasteiger partial charge in [-0.25, -0.2) is 4.39 Å². The van der Waals surface area contributed by atoms with Crippen molar-refractivity contribution in [3.63, 3.8) is 0 Å². The Morgan fingerprint density at radius 2 is 2.00 bits per heavy atom. The van der Waals surface area contributed by atoms with Gasteiger partial charge in [-0.15, -0.1) is 0 Å². The number of hydrogen-bond donors (Lipinski definition) is 1. The number of pyridine rings is 1. The lowest BCUT2D eigenvalue weighted by atomic mass is 10.0. The Kier molecular flexibility index (Phi) is 4.58. The van der Waals surface area contributed by atoms with Crippen molar-refractivity contribution >= 4 is 5.69 Å². The van der Waals surface area contributed by atoms with Gasteiger partial charge in [0.25, 0.3) is 0 Å². The summed E-state index contributed by atoms with van der Waals surface area (Å²) in [5, 5.41) is 9.87. The number of hydrogen-bond acceptors (Lipinski definition) is 3. The van der Waals surface area contributed by atoms with E-state index in [-0.39, 0.29) is 5.82 Å². The van der Waals surface area contributed by atoms with Gasteiger partial charge in [0.2, 0.25) is 0 Å². The van der Waals surface area contributed by atoms with Gasteiger partial charge in [-0.1, -0.05) is 6.07 Å². The molecule has 1 aromatic heterocycles. The number of aliphatic hydroxyl groups excluding tert-OH is 1. The fourth-order valence-corrected chi connectivity index (χ4v) is 2.36. The van der Waals surface area contributed by atoms with Crippen molar-refractivity contribution in [1.82, 2.24) is 4.98 Å². The quantitative estimate of drug-likeness (QED) is 0.935. The molecule has 112 valence electrons. The molecule has 1 atom stereocenters. The molecule has 21 heavy (non-hydrogen) atoms. The second kappa shape index (κ2) is 6.22. The summed E-state index contributed by atoms with van der Waals surface area (Å²) in [6.45, 7) is 5.93. The molecule has 0 radical (unpaired) electrons. The number of halogens is 1. The summed E-state index contributed by atoms with van der Waals surface area (Å²) in [4.78, 5) is 6.46. The monoisotopic (exact) mass is 288 g/mol. The summed E-state index contributed by atoms with van der Waals surface area (Å²) in [5.74, 6) is -0.295. The minimum atomic E-state index is -0.719. The van der Waals surface area contributed by atoms with E-state index in [1.165, 1.54) is 6.07 Å². The third-order valence-corrected chi connectivity index (χ3v) is 3.51. The Labute approximate surface area is 125 Å². The van der Waals surface area contributed by atoms with E-state index < -0.39 is 6.10 Å². The third kappa shape index (κ3) is 3.58. The van der Waals surface area contributed by atoms with Crippen LogP contribution >= 0.6 is 0 Å². The van der Waals surface area contributed by atoms with Crippen molar-refractivity contribution in [2.45, 2.75) is 33.4 Å². The first-order valence-corrected chi connectivity index (χ1v) is 7.00. The molecular weight excluding hydrogens is 267 g/mol. The summed E-state index contributed by atoms with van der Waals surface area (Å²) in [7, 11) is 1.92. The summed E-state index contributed by atoms with van der Waals surface area (Å²) >= 11 is 0. The van der Waals surface area contributed by atoms with Crippen molar-refractivity contribution in [3.8, 4) is 0 Å². The maximum atomic E-state index is 13.7. The van der Waals surface area contributed by atoms with Crippen LogP contribution in [-0.4, -0.2) is 17.1 Å². The van der Waals surface area contributed by atoms with E-state index in [0.29, 0.717) is 17.7 Å². The largest absolute Gasteiger partial charge is 0.389 e. The zero-order valence-electron chi connectivity index (χ0n) is 12.9. The molecule has 2 aromatic rings. The van der Waals surface area contributed by atoms with Gasteiger partial charge in [0, 0.05) is 24.0 Å². The van der Waals surface area contributed by atoms with Gasteiger partial charge in [0.1, 0.15) is 5.82 Å². The second-order valence-electron chi connectivity index (χ2n) is 5.46. The molecule has 0 bridgehead atoms. The highest BCUT2D eigenvalue weighted by atomic mass is 19.1. The van der Waals surface area contributed by atoms with Crippen LogP contribution in [0.25, 0.3) is 0 Å². The van der Waals surface area contributed by atoms with E-state index >= 15 is 0 Å². The van der Waals surface area contributed by atoms with Crippen LogP contribution in [0.4, 0.5) is 10.1 Å². The van der Waals surface area contributed by atoms with Gasteiger partial charge < -0.3 is 10.0 Å². The molecule has 0 fully saturated rings. The molecule has 0 unspecified atom stereocenters. The average molecular weight is 288 g/mol. The van der Waals surface area contributed by atoms with E-state index in [9.17, 15) is 9.50 Å². The topological polar surface area (TPSA) is 36.4 Å². The van der Waals surface area contributed by atoms with Gasteiger partial charge in [-0.3, -0.25) is 4.98 Å². The molecule has 4 heteroatoms. The zero-order chi connectivity index (χ0) is 15.6. The molecule has 0 saturated carbocycles. The lowest BCUT2D eigenvalue weighted by molar-refractivity contribution is 0.199. The first-order chi connectivity index (χ1) is 9.88. The number of rotatable bonds is 4. The summed E-state index contributed by atoms with van der Waals surface area (Å²) in [6.07, 6.45) is -0.719. The predicted molar refractivity (Wildman–Crippen MR) is 82.9 cm³/mol. The fraction of sp³-hybridized carbons (Fsp3) is 0.353. The van der Waals surface area contributed by atoms with Gasteiger partial charge in [0.15, 0.2) is 0 Å². The zero-order valence-corrected chi connectivity index (χ0v) is 12.9. The number of benzene rings is 1. The molecule has 0 aliphatic rings. The van der Waals surface area contributed by atoms with Crippen LogP contribution in [-0.2, 0) is 6.54 Å². The van der Waals surface area contributed by atoms with E-state index in [4.69, 9.17) is 0 Å². The minimum Gasteiger partial charge on any atom is -0.389 e. The van der Waals surface area contributed by atoms with Crippen LogP contribution in [0.2, 0.25) is 0 Å². The Morgan fingerprint density at radius 3 is 2.62 bits per heavy atom. The SMILES string of the molecule is Cc1cccc(CN(C)c2cc(C)c(F)cc2[C@@H](C)O)n1. The Hall–Kier alpha value is -1.94. The van der Waals surface area contributed by atoms with Crippen LogP contribution in [0.15, 0.2) is 30.3 Å². The predicted octanol–water partition coefficient (Wildman–Crippen LogP) is 3.53. The highest BCUT2D eigenvalue weighted by Gasteiger charge is 2.15. The molecule has 0 spiro atoms. The number of anilines is 1. The molecule has 3 nitrogen and oxygen atoms in total. The first-order valence-electron chi connectivity index (χ1n) is 7.00. The standard InChI is InChI=1S/C17H21FN2O/c1-11-8-17(15(13(3)21)9-16(11)18)20(4)10-14-7-5-6-12(2)19-14/h5-9,13,21H,10H2,1-4H3/t13-/m1/s1. The first kappa shape index (κ1) is 15.4. The number of aliphatic hydroxyl groups is 1. The van der Waals surface area contributed by atoms with Crippen molar-refractivity contribution in [2.24, 2.45) is 0 Å². The fourth-order valence-electron chi connectivity index (χ4n) is 2.36. The maximum absolute atomic E-state index is 13.7. The minimum absolute atomic E-state index is 0.295. The molecule has 2 rings (SSSR count). The van der Waals surface area contributed by atoms with Crippen LogP contribution < -0.4 is 4.90 Å². The van der Waals surface area contributed by atoms with Gasteiger partial charge in [-0.05, 0) is 50.6 Å². The van der Waals surface area contributed by atoms with E-state index in [0.717, 1.165) is 17.1 Å². The van der Waals surface area contributed by atoms with Crippen molar-refractivity contribution < 1.29 is 9.50 Å². The van der Waals surface area contributed by atoms with E-state index in [1.54, 1.807) is 19.9 Å². The highest BCUT2D eigenvalue weighted by Crippen LogP contribution is 2.29. The molecular formula is C17H21FN2O. The van der Waals surface area contributed by atoms with Crippen molar-refractivity contribution in [2.75, 3.05) is 11.9 Å². The Bertz CT molecular complexity index is 641. The van der Waals surface area contributed by atoms with Crippen LogP contribution in [0.1, 0.15) is 35.5 Å². The van der Waals surface area contributed by atoms with Crippen LogP contribution in [0, 0.1) is 19.7 Å². The Balaban J connectivity index is 2.34. The molecule has 1 heterocycles. The number of aryl methyl sites for hydroxylation is 2. The molecule has 0 saturated heterocycles. The number of nitrogens with zero attached hydrogens (tertiary/aromatic N) is 2. The van der Waals surface area contributed by atoms with Crippen molar-refractivity contribution in [3.05, 3.63) is 58.7 Å². The molecule has 1 N–H and O–H groups in total. The average Bonchev–Trinajstić information content (AvgIpc) is 2.41. The van der Waals surface area contributed by atoms with Crippen molar-refractivity contribution in [1.29, 1.82) is 0 Å². The third-order valence-electron chi connectivity index (χ3n) is 3.51. The molecule has 0 aliphatic carbocycles. The Morgan fingerprint density at radius 1 is 1.29 bits per heavy atom. The number of aromatic nitrogens is 1. The molecule has 0 amide bonds. The molecule has 1 aromatic carbocycles. The summed E-state index contributed by atoms with van der Waals surface area (Å²) in [5.41, 5.74) is 3.89. The van der Waals surface area contributed by atoms with Crippen LogP contribution in [0.5, 0.6) is 0 Å². The van der Waals surface area contributed by atoms with Gasteiger partial charge in [0.05, 0.1) is 18.3 Å². The lowest BCUT2D eigenvalue weighted by Gasteiger charge is -2.24. The van der Waals surface area contributed by atoms with Gasteiger partial charge >= 0.3 is 0 Å². The highest BCUT2D eigenvalue weighted by molar-refractivity contribution is 5.56. The molecule has 0 aliphatic heterocycles. The maximum Gasteiger partial charge on any atom is 0.126 e. The van der Waals surface area contributed by atoms with Crippen LogP contribution in [0.3, 0.4) is 0 Å². The lowest BCUT2D eigenvalue weighted by Crippen LogP contribution is -2.20.